The van der Waals surface area contributed by atoms with E-state index in [9.17, 15) is 15.0 Å². The Hall–Kier alpha value is -2.69. The van der Waals surface area contributed by atoms with Gasteiger partial charge >= 0.3 is 5.97 Å². The molecule has 0 amide bonds. The number of carboxylic acids is 1. The Kier molecular flexibility index (Phi) is 3.56. The Morgan fingerprint density at radius 1 is 1.05 bits per heavy atom. The molecule has 0 spiro atoms. The second kappa shape index (κ2) is 5.30. The summed E-state index contributed by atoms with van der Waals surface area (Å²) in [5, 5.41) is 30.7. The van der Waals surface area contributed by atoms with Crippen LogP contribution in [0.5, 0.6) is 11.5 Å². The van der Waals surface area contributed by atoms with Gasteiger partial charge in [-0.15, -0.1) is 0 Å². The van der Waals surface area contributed by atoms with Gasteiger partial charge in [0.2, 0.25) is 0 Å². The van der Waals surface area contributed by atoms with E-state index in [1.807, 2.05) is 0 Å². The Balaban J connectivity index is 2.06. The molecule has 19 heavy (non-hydrogen) atoms. The summed E-state index contributed by atoms with van der Waals surface area (Å²) >= 11 is 0. The number of anilines is 1. The summed E-state index contributed by atoms with van der Waals surface area (Å²) in [4.78, 5) is 10.7. The van der Waals surface area contributed by atoms with Gasteiger partial charge in [0.05, 0.1) is 5.56 Å². The number of hydrogen-bond donors (Lipinski definition) is 4. The highest BCUT2D eigenvalue weighted by molar-refractivity contribution is 5.87. The standard InChI is InChI=1S/C14H13NO4/c16-12-5-6-13(17)10(7-12)8-15-11-3-1-9(2-4-11)14(18)19/h1-7,15-17H,8H2,(H,18,19). The maximum atomic E-state index is 10.7. The number of benzene rings is 2. The van der Waals surface area contributed by atoms with E-state index in [0.717, 1.165) is 5.69 Å². The first kappa shape index (κ1) is 12.8. The lowest BCUT2D eigenvalue weighted by molar-refractivity contribution is 0.0697. The van der Waals surface area contributed by atoms with Crippen molar-refractivity contribution in [2.24, 2.45) is 0 Å². The first-order chi connectivity index (χ1) is 9.06. The Morgan fingerprint density at radius 3 is 2.37 bits per heavy atom. The number of carbonyl (C=O) groups is 1. The van der Waals surface area contributed by atoms with Gasteiger partial charge in [0, 0.05) is 17.8 Å². The van der Waals surface area contributed by atoms with Crippen molar-refractivity contribution in [1.82, 2.24) is 0 Å². The van der Waals surface area contributed by atoms with Crippen LogP contribution in [0, 0.1) is 0 Å². The molecule has 4 N–H and O–H groups in total. The number of rotatable bonds is 4. The van der Waals surface area contributed by atoms with Crippen LogP contribution in [-0.4, -0.2) is 21.3 Å². The molecule has 5 nitrogen and oxygen atoms in total. The summed E-state index contributed by atoms with van der Waals surface area (Å²) in [7, 11) is 0. The Labute approximate surface area is 109 Å². The van der Waals surface area contributed by atoms with Crippen molar-refractivity contribution >= 4 is 11.7 Å². The van der Waals surface area contributed by atoms with Crippen molar-refractivity contribution in [3.63, 3.8) is 0 Å². The second-order valence-corrected chi connectivity index (χ2v) is 4.05. The van der Waals surface area contributed by atoms with Crippen LogP contribution in [0.2, 0.25) is 0 Å². The zero-order valence-electron chi connectivity index (χ0n) is 10.00. The van der Waals surface area contributed by atoms with Gasteiger partial charge in [-0.25, -0.2) is 4.79 Å². The van der Waals surface area contributed by atoms with Crippen LogP contribution in [0.1, 0.15) is 15.9 Å². The van der Waals surface area contributed by atoms with E-state index in [-0.39, 0.29) is 17.1 Å². The fourth-order valence-electron chi connectivity index (χ4n) is 1.64. The zero-order chi connectivity index (χ0) is 13.8. The molecule has 2 aromatic rings. The molecule has 0 unspecified atom stereocenters. The molecule has 0 radical (unpaired) electrons. The van der Waals surface area contributed by atoms with Crippen LogP contribution in [0.4, 0.5) is 5.69 Å². The lowest BCUT2D eigenvalue weighted by Crippen LogP contribution is -2.01. The van der Waals surface area contributed by atoms with Crippen LogP contribution in [-0.2, 0) is 6.54 Å². The molecule has 0 aliphatic rings. The van der Waals surface area contributed by atoms with E-state index in [2.05, 4.69) is 5.32 Å². The van der Waals surface area contributed by atoms with Gasteiger partial charge < -0.3 is 20.6 Å². The van der Waals surface area contributed by atoms with Crippen molar-refractivity contribution in [3.8, 4) is 11.5 Å². The fourth-order valence-corrected chi connectivity index (χ4v) is 1.64. The van der Waals surface area contributed by atoms with Crippen LogP contribution in [0.3, 0.4) is 0 Å². The number of phenols is 2. The summed E-state index contributed by atoms with van der Waals surface area (Å²) in [5.74, 6) is -0.805. The van der Waals surface area contributed by atoms with Gasteiger partial charge in [-0.3, -0.25) is 0 Å². The molecule has 0 saturated carbocycles. The van der Waals surface area contributed by atoms with Crippen molar-refractivity contribution < 1.29 is 20.1 Å². The van der Waals surface area contributed by atoms with E-state index in [0.29, 0.717) is 12.1 Å². The normalized spacial score (nSPS) is 10.1. The first-order valence-corrected chi connectivity index (χ1v) is 5.64. The molecule has 0 bridgehead atoms. The lowest BCUT2D eigenvalue weighted by atomic mass is 10.1. The molecule has 0 aliphatic heterocycles. The molecule has 0 aliphatic carbocycles. The maximum absolute atomic E-state index is 10.7. The summed E-state index contributed by atoms with van der Waals surface area (Å²) in [6.45, 7) is 0.326. The van der Waals surface area contributed by atoms with E-state index in [1.165, 1.54) is 30.3 Å². The fraction of sp³-hybridized carbons (Fsp3) is 0.0714. The highest BCUT2D eigenvalue weighted by Crippen LogP contribution is 2.23. The van der Waals surface area contributed by atoms with Crippen LogP contribution in [0.25, 0.3) is 0 Å². The quantitative estimate of drug-likeness (QED) is 0.633. The highest BCUT2D eigenvalue weighted by Gasteiger charge is 2.04. The second-order valence-electron chi connectivity index (χ2n) is 4.05. The number of hydrogen-bond acceptors (Lipinski definition) is 4. The van der Waals surface area contributed by atoms with E-state index >= 15 is 0 Å². The third-order valence-corrected chi connectivity index (χ3v) is 2.68. The minimum absolute atomic E-state index is 0.0795. The van der Waals surface area contributed by atoms with Gasteiger partial charge in [-0.1, -0.05) is 0 Å². The summed E-state index contributed by atoms with van der Waals surface area (Å²) < 4.78 is 0. The van der Waals surface area contributed by atoms with E-state index in [1.54, 1.807) is 12.1 Å². The van der Waals surface area contributed by atoms with E-state index in [4.69, 9.17) is 5.11 Å². The zero-order valence-corrected chi connectivity index (χ0v) is 10.00. The minimum atomic E-state index is -0.975. The van der Waals surface area contributed by atoms with Crippen molar-refractivity contribution in [1.29, 1.82) is 0 Å². The van der Waals surface area contributed by atoms with Crippen LogP contribution in [0.15, 0.2) is 42.5 Å². The molecule has 98 valence electrons. The Morgan fingerprint density at radius 2 is 1.74 bits per heavy atom. The van der Waals surface area contributed by atoms with E-state index < -0.39 is 5.97 Å². The molecular formula is C14H13NO4. The highest BCUT2D eigenvalue weighted by atomic mass is 16.4. The number of carboxylic acid groups (broad SMARTS) is 1. The largest absolute Gasteiger partial charge is 0.508 e. The molecule has 0 atom stereocenters. The summed E-state index contributed by atoms with van der Waals surface area (Å²) in [5.41, 5.74) is 1.50. The smallest absolute Gasteiger partial charge is 0.335 e. The minimum Gasteiger partial charge on any atom is -0.508 e. The molecule has 5 heteroatoms. The molecular weight excluding hydrogens is 246 g/mol. The predicted molar refractivity (Wildman–Crippen MR) is 70.5 cm³/mol. The molecule has 0 aromatic heterocycles. The maximum Gasteiger partial charge on any atom is 0.335 e. The van der Waals surface area contributed by atoms with Crippen molar-refractivity contribution in [2.45, 2.75) is 6.54 Å². The van der Waals surface area contributed by atoms with Gasteiger partial charge in [0.1, 0.15) is 11.5 Å². The third kappa shape index (κ3) is 3.16. The van der Waals surface area contributed by atoms with Crippen molar-refractivity contribution in [2.75, 3.05) is 5.32 Å². The summed E-state index contributed by atoms with van der Waals surface area (Å²) in [6.07, 6.45) is 0. The van der Waals surface area contributed by atoms with Gasteiger partial charge in [-0.05, 0) is 42.5 Å². The Bertz CT molecular complexity index is 593. The molecule has 0 heterocycles. The van der Waals surface area contributed by atoms with Crippen LogP contribution >= 0.6 is 0 Å². The van der Waals surface area contributed by atoms with Crippen molar-refractivity contribution in [3.05, 3.63) is 53.6 Å². The predicted octanol–water partition coefficient (Wildman–Crippen LogP) is 2.41. The average Bonchev–Trinajstić information content (AvgIpc) is 2.40. The molecule has 2 aromatic carbocycles. The van der Waals surface area contributed by atoms with Gasteiger partial charge in [0.25, 0.3) is 0 Å². The average molecular weight is 259 g/mol. The molecule has 0 saturated heterocycles. The topological polar surface area (TPSA) is 89.8 Å². The molecule has 0 fully saturated rings. The van der Waals surface area contributed by atoms with Gasteiger partial charge in [0.15, 0.2) is 0 Å². The first-order valence-electron chi connectivity index (χ1n) is 5.64. The molecule has 2 rings (SSSR count). The van der Waals surface area contributed by atoms with Gasteiger partial charge in [-0.2, -0.15) is 0 Å². The number of aromatic hydroxyl groups is 2. The third-order valence-electron chi connectivity index (χ3n) is 2.68. The SMILES string of the molecule is O=C(O)c1ccc(NCc2cc(O)ccc2O)cc1. The summed E-state index contributed by atoms with van der Waals surface area (Å²) in [6, 6.07) is 10.6. The van der Waals surface area contributed by atoms with Crippen LogP contribution < -0.4 is 5.32 Å². The lowest BCUT2D eigenvalue weighted by Gasteiger charge is -2.08. The number of aromatic carboxylic acids is 1. The number of phenolic OH excluding ortho intramolecular Hbond substituents is 2. The number of nitrogens with one attached hydrogen (secondary N) is 1. The monoisotopic (exact) mass is 259 g/mol.